The summed E-state index contributed by atoms with van der Waals surface area (Å²) in [5.74, 6) is 2.89. The molecule has 0 spiro atoms. The van der Waals surface area contributed by atoms with E-state index in [0.29, 0.717) is 49.4 Å². The molecule has 158 valence electrons. The fraction of sp³-hybridized carbons (Fsp3) is 0.611. The zero-order valence-corrected chi connectivity index (χ0v) is 17.8. The number of aliphatic imine (C=N–C) groups is 1. The van der Waals surface area contributed by atoms with Crippen molar-refractivity contribution in [1.29, 1.82) is 0 Å². The Balaban J connectivity index is 1.85. The molecule has 1 aromatic rings. The van der Waals surface area contributed by atoms with Gasteiger partial charge in [0.05, 0.1) is 32.8 Å². The van der Waals surface area contributed by atoms with Gasteiger partial charge in [0.25, 0.3) is 0 Å². The van der Waals surface area contributed by atoms with Gasteiger partial charge in [0.15, 0.2) is 27.3 Å². The third-order valence-corrected chi connectivity index (χ3v) is 6.17. The molecule has 1 heterocycles. The molecule has 10 heteroatoms. The molecule has 0 saturated carbocycles. The van der Waals surface area contributed by atoms with E-state index in [1.54, 1.807) is 28.4 Å². The molecule has 0 aromatic heterocycles. The van der Waals surface area contributed by atoms with Crippen molar-refractivity contribution in [1.82, 2.24) is 15.5 Å². The molecule has 0 aliphatic carbocycles. The second-order valence-electron chi connectivity index (χ2n) is 6.38. The van der Waals surface area contributed by atoms with Gasteiger partial charge in [0, 0.05) is 39.8 Å². The Morgan fingerprint density at radius 3 is 2.18 bits per heavy atom. The van der Waals surface area contributed by atoms with Crippen molar-refractivity contribution in [2.45, 2.75) is 6.54 Å². The van der Waals surface area contributed by atoms with Gasteiger partial charge in [-0.15, -0.1) is 0 Å². The van der Waals surface area contributed by atoms with Gasteiger partial charge in [-0.2, -0.15) is 0 Å². The van der Waals surface area contributed by atoms with Crippen molar-refractivity contribution in [3.8, 4) is 17.2 Å². The molecule has 2 rings (SSSR count). The third kappa shape index (κ3) is 6.16. The maximum absolute atomic E-state index is 11.5. The first kappa shape index (κ1) is 22.1. The average molecular weight is 415 g/mol. The molecule has 1 aliphatic heterocycles. The zero-order valence-electron chi connectivity index (χ0n) is 16.9. The highest BCUT2D eigenvalue weighted by atomic mass is 32.2. The predicted octanol–water partition coefficient (Wildman–Crippen LogP) is 0.108. The van der Waals surface area contributed by atoms with Crippen LogP contribution in [0.25, 0.3) is 0 Å². The van der Waals surface area contributed by atoms with Crippen LogP contribution in [0.4, 0.5) is 0 Å². The fourth-order valence-electron chi connectivity index (χ4n) is 2.95. The molecule has 0 radical (unpaired) electrons. The Morgan fingerprint density at radius 1 is 1.07 bits per heavy atom. The number of nitrogens with zero attached hydrogens (tertiary/aromatic N) is 2. The highest BCUT2D eigenvalue weighted by Gasteiger charge is 2.21. The van der Waals surface area contributed by atoms with Gasteiger partial charge in [-0.1, -0.05) is 0 Å². The smallest absolute Gasteiger partial charge is 0.203 e. The summed E-state index contributed by atoms with van der Waals surface area (Å²) in [5.41, 5.74) is 0.957. The summed E-state index contributed by atoms with van der Waals surface area (Å²) in [6.45, 7) is 3.14. The monoisotopic (exact) mass is 414 g/mol. The highest BCUT2D eigenvalue weighted by Crippen LogP contribution is 2.38. The van der Waals surface area contributed by atoms with Gasteiger partial charge < -0.3 is 24.8 Å². The molecule has 0 atom stereocenters. The molecule has 9 nitrogen and oxygen atoms in total. The number of hydrogen-bond acceptors (Lipinski definition) is 7. The van der Waals surface area contributed by atoms with Gasteiger partial charge in [0.2, 0.25) is 5.75 Å². The summed E-state index contributed by atoms with van der Waals surface area (Å²) in [7, 11) is 3.60. The van der Waals surface area contributed by atoms with E-state index in [9.17, 15) is 8.42 Å². The van der Waals surface area contributed by atoms with Crippen LogP contribution in [0.2, 0.25) is 0 Å². The topological polar surface area (TPSA) is 101 Å². The number of nitrogens with one attached hydrogen (secondary N) is 2. The van der Waals surface area contributed by atoms with Crippen molar-refractivity contribution >= 4 is 15.8 Å². The quantitative estimate of drug-likeness (QED) is 0.457. The highest BCUT2D eigenvalue weighted by molar-refractivity contribution is 7.91. The van der Waals surface area contributed by atoms with Crippen LogP contribution in [-0.4, -0.2) is 85.3 Å². The van der Waals surface area contributed by atoms with Crippen LogP contribution >= 0.6 is 0 Å². The first-order valence-electron chi connectivity index (χ1n) is 9.08. The molecular weight excluding hydrogens is 384 g/mol. The number of benzene rings is 1. The Hall–Kier alpha value is -2.20. The molecule has 0 amide bonds. The van der Waals surface area contributed by atoms with E-state index < -0.39 is 9.84 Å². The fourth-order valence-corrected chi connectivity index (χ4v) is 4.23. The van der Waals surface area contributed by atoms with Crippen molar-refractivity contribution in [2.24, 2.45) is 4.99 Å². The molecule has 28 heavy (non-hydrogen) atoms. The van der Waals surface area contributed by atoms with Gasteiger partial charge in [-0.3, -0.25) is 9.89 Å². The van der Waals surface area contributed by atoms with Crippen molar-refractivity contribution < 1.29 is 22.6 Å². The number of methoxy groups -OCH3 is 3. The van der Waals surface area contributed by atoms with Crippen LogP contribution in [0, 0.1) is 0 Å². The summed E-state index contributed by atoms with van der Waals surface area (Å²) in [5, 5.41) is 6.50. The third-order valence-electron chi connectivity index (χ3n) is 4.57. The molecule has 1 fully saturated rings. The minimum atomic E-state index is -2.85. The minimum Gasteiger partial charge on any atom is -0.493 e. The van der Waals surface area contributed by atoms with E-state index in [2.05, 4.69) is 20.5 Å². The Kier molecular flexibility index (Phi) is 8.18. The summed E-state index contributed by atoms with van der Waals surface area (Å²) in [6, 6.07) is 3.77. The molecule has 0 bridgehead atoms. The second-order valence-corrected chi connectivity index (χ2v) is 8.68. The van der Waals surface area contributed by atoms with Gasteiger partial charge >= 0.3 is 0 Å². The van der Waals surface area contributed by atoms with Crippen LogP contribution in [0.1, 0.15) is 5.56 Å². The number of sulfone groups is 1. The SMILES string of the molecule is CN=C(NCCN1CCS(=O)(=O)CC1)NCc1cc(OC)c(OC)c(OC)c1. The van der Waals surface area contributed by atoms with Crippen molar-refractivity contribution in [2.75, 3.05) is 66.1 Å². The summed E-state index contributed by atoms with van der Waals surface area (Å²) >= 11 is 0. The largest absolute Gasteiger partial charge is 0.493 e. The molecule has 2 N–H and O–H groups in total. The molecule has 1 saturated heterocycles. The first-order valence-corrected chi connectivity index (χ1v) is 10.9. The number of hydrogen-bond donors (Lipinski definition) is 2. The number of ether oxygens (including phenoxy) is 3. The molecule has 0 unspecified atom stereocenters. The summed E-state index contributed by atoms with van der Waals surface area (Å²) < 4.78 is 39.0. The lowest BCUT2D eigenvalue weighted by Gasteiger charge is -2.26. The number of rotatable bonds is 8. The van der Waals surface area contributed by atoms with Crippen LogP contribution in [0.3, 0.4) is 0 Å². The summed E-state index contributed by atoms with van der Waals surface area (Å²) in [4.78, 5) is 6.36. The van der Waals surface area contributed by atoms with E-state index in [1.165, 1.54) is 0 Å². The van der Waals surface area contributed by atoms with E-state index in [0.717, 1.165) is 12.1 Å². The zero-order chi connectivity index (χ0) is 20.6. The van der Waals surface area contributed by atoms with E-state index in [1.807, 2.05) is 12.1 Å². The average Bonchev–Trinajstić information content (AvgIpc) is 2.70. The summed E-state index contributed by atoms with van der Waals surface area (Å²) in [6.07, 6.45) is 0. The predicted molar refractivity (Wildman–Crippen MR) is 109 cm³/mol. The normalized spacial score (nSPS) is 17.1. The van der Waals surface area contributed by atoms with E-state index in [4.69, 9.17) is 14.2 Å². The van der Waals surface area contributed by atoms with E-state index in [-0.39, 0.29) is 11.5 Å². The Labute approximate surface area is 167 Å². The van der Waals surface area contributed by atoms with E-state index >= 15 is 0 Å². The lowest BCUT2D eigenvalue weighted by Crippen LogP contribution is -2.45. The van der Waals surface area contributed by atoms with Crippen LogP contribution in [-0.2, 0) is 16.4 Å². The molecule has 1 aromatic carbocycles. The van der Waals surface area contributed by atoms with Crippen molar-refractivity contribution in [3.63, 3.8) is 0 Å². The first-order chi connectivity index (χ1) is 13.4. The van der Waals surface area contributed by atoms with Gasteiger partial charge in [-0.05, 0) is 17.7 Å². The Morgan fingerprint density at radius 2 is 1.68 bits per heavy atom. The van der Waals surface area contributed by atoms with Crippen LogP contribution < -0.4 is 24.8 Å². The number of guanidine groups is 1. The maximum atomic E-state index is 11.5. The lowest BCUT2D eigenvalue weighted by atomic mass is 10.2. The maximum Gasteiger partial charge on any atom is 0.203 e. The molecular formula is C18H30N4O5S. The van der Waals surface area contributed by atoms with Gasteiger partial charge in [0.1, 0.15) is 0 Å². The lowest BCUT2D eigenvalue weighted by molar-refractivity contribution is 0.299. The second kappa shape index (κ2) is 10.4. The van der Waals surface area contributed by atoms with Gasteiger partial charge in [-0.25, -0.2) is 8.42 Å². The minimum absolute atomic E-state index is 0.237. The van der Waals surface area contributed by atoms with Crippen LogP contribution in [0.5, 0.6) is 17.2 Å². The van der Waals surface area contributed by atoms with Crippen LogP contribution in [0.15, 0.2) is 17.1 Å². The van der Waals surface area contributed by atoms with Crippen molar-refractivity contribution in [3.05, 3.63) is 17.7 Å². The standard InChI is InChI=1S/C18H30N4O5S/c1-19-18(20-5-6-22-7-9-28(23,24)10-8-22)21-13-14-11-15(25-2)17(27-4)16(12-14)26-3/h11-12H,5-10,13H2,1-4H3,(H2,19,20,21). The Bertz CT molecular complexity index is 743. The molecule has 1 aliphatic rings.